The van der Waals surface area contributed by atoms with Crippen LogP contribution in [0.25, 0.3) is 0 Å². The molecule has 0 aromatic carbocycles. The average Bonchev–Trinajstić information content (AvgIpc) is 2.27. The third kappa shape index (κ3) is 5.25. The van der Waals surface area contributed by atoms with Gasteiger partial charge in [0.2, 0.25) is 10.0 Å². The van der Waals surface area contributed by atoms with Crippen molar-refractivity contribution in [1.82, 2.24) is 4.31 Å². The number of halogens is 3. The largest absolute Gasteiger partial charge is 0.389 e. The van der Waals surface area contributed by atoms with Gasteiger partial charge in [0.1, 0.15) is 0 Å². The van der Waals surface area contributed by atoms with E-state index in [1.54, 1.807) is 6.92 Å². The standard InChI is InChI=1S/C10H19F3N2O3S/c1-8-7-18-9(5-14)6-15(8)19(16,17)4-2-3-10(11,12)13/h8-9H,2-7,14H2,1H3. The predicted molar refractivity (Wildman–Crippen MR) is 64.0 cm³/mol. The van der Waals surface area contributed by atoms with Crippen molar-refractivity contribution in [2.75, 3.05) is 25.4 Å². The van der Waals surface area contributed by atoms with E-state index >= 15 is 0 Å². The normalized spacial score (nSPS) is 26.6. The molecule has 1 aliphatic heterocycles. The van der Waals surface area contributed by atoms with Crippen molar-refractivity contribution in [2.24, 2.45) is 5.73 Å². The lowest BCUT2D eigenvalue weighted by molar-refractivity contribution is -0.134. The fraction of sp³-hybridized carbons (Fsp3) is 1.00. The first-order chi connectivity index (χ1) is 8.65. The summed E-state index contributed by atoms with van der Waals surface area (Å²) in [4.78, 5) is 0. The summed E-state index contributed by atoms with van der Waals surface area (Å²) in [6, 6.07) is -0.376. The fourth-order valence-corrected chi connectivity index (χ4v) is 3.64. The Bertz CT molecular complexity index is 386. The number of ether oxygens (including phenoxy) is 1. The molecule has 0 aromatic rings. The van der Waals surface area contributed by atoms with E-state index in [2.05, 4.69) is 0 Å². The highest BCUT2D eigenvalue weighted by atomic mass is 32.2. The summed E-state index contributed by atoms with van der Waals surface area (Å²) in [5.41, 5.74) is 5.42. The number of hydrogen-bond acceptors (Lipinski definition) is 4. The molecule has 0 radical (unpaired) electrons. The van der Waals surface area contributed by atoms with E-state index in [1.165, 1.54) is 4.31 Å². The highest BCUT2D eigenvalue weighted by Crippen LogP contribution is 2.23. The molecule has 1 saturated heterocycles. The minimum Gasteiger partial charge on any atom is -0.374 e. The molecule has 0 aromatic heterocycles. The van der Waals surface area contributed by atoms with Crippen LogP contribution in [-0.4, -0.2) is 56.5 Å². The third-order valence-corrected chi connectivity index (χ3v) is 4.96. The molecule has 1 fully saturated rings. The lowest BCUT2D eigenvalue weighted by Crippen LogP contribution is -2.53. The second-order valence-electron chi connectivity index (χ2n) is 4.64. The number of alkyl halides is 3. The van der Waals surface area contributed by atoms with E-state index in [0.29, 0.717) is 0 Å². The van der Waals surface area contributed by atoms with Crippen molar-refractivity contribution in [3.8, 4) is 0 Å². The third-order valence-electron chi connectivity index (χ3n) is 2.93. The monoisotopic (exact) mass is 304 g/mol. The van der Waals surface area contributed by atoms with Crippen molar-refractivity contribution in [3.05, 3.63) is 0 Å². The maximum absolute atomic E-state index is 12.0. The molecule has 2 N–H and O–H groups in total. The summed E-state index contributed by atoms with van der Waals surface area (Å²) in [7, 11) is -3.70. The van der Waals surface area contributed by atoms with Gasteiger partial charge >= 0.3 is 6.18 Å². The van der Waals surface area contributed by atoms with Gasteiger partial charge in [-0.05, 0) is 13.3 Å². The van der Waals surface area contributed by atoms with Crippen LogP contribution < -0.4 is 5.73 Å². The molecule has 2 unspecified atom stereocenters. The first-order valence-corrected chi connectivity index (χ1v) is 7.64. The molecule has 19 heavy (non-hydrogen) atoms. The number of nitrogens with two attached hydrogens (primary N) is 1. The van der Waals surface area contributed by atoms with E-state index < -0.39 is 40.9 Å². The smallest absolute Gasteiger partial charge is 0.374 e. The highest BCUT2D eigenvalue weighted by molar-refractivity contribution is 7.89. The Morgan fingerprint density at radius 1 is 1.42 bits per heavy atom. The van der Waals surface area contributed by atoms with Crippen LogP contribution >= 0.6 is 0 Å². The van der Waals surface area contributed by atoms with Crippen LogP contribution in [0.2, 0.25) is 0 Å². The minimum absolute atomic E-state index is 0.103. The zero-order valence-corrected chi connectivity index (χ0v) is 11.5. The minimum atomic E-state index is -4.33. The van der Waals surface area contributed by atoms with Gasteiger partial charge in [-0.25, -0.2) is 8.42 Å². The van der Waals surface area contributed by atoms with Crippen LogP contribution in [0.5, 0.6) is 0 Å². The molecule has 1 aliphatic rings. The quantitative estimate of drug-likeness (QED) is 0.812. The molecule has 0 aliphatic carbocycles. The van der Waals surface area contributed by atoms with E-state index in [1.807, 2.05) is 0 Å². The summed E-state index contributed by atoms with van der Waals surface area (Å²) in [5.74, 6) is -0.506. The van der Waals surface area contributed by atoms with Crippen LogP contribution in [0.1, 0.15) is 19.8 Å². The van der Waals surface area contributed by atoms with E-state index in [0.717, 1.165) is 0 Å². The zero-order chi connectivity index (χ0) is 14.7. The van der Waals surface area contributed by atoms with E-state index in [-0.39, 0.29) is 25.7 Å². The fourth-order valence-electron chi connectivity index (χ4n) is 1.89. The lowest BCUT2D eigenvalue weighted by Gasteiger charge is -2.36. The topological polar surface area (TPSA) is 72.6 Å². The van der Waals surface area contributed by atoms with Gasteiger partial charge in [0.25, 0.3) is 0 Å². The summed E-state index contributed by atoms with van der Waals surface area (Å²) in [6.07, 6.45) is -6.24. The zero-order valence-electron chi connectivity index (χ0n) is 10.7. The molecule has 9 heteroatoms. The predicted octanol–water partition coefficient (Wildman–Crippen LogP) is 0.707. The molecule has 114 valence electrons. The van der Waals surface area contributed by atoms with Crippen LogP contribution in [-0.2, 0) is 14.8 Å². The van der Waals surface area contributed by atoms with Gasteiger partial charge in [-0.3, -0.25) is 0 Å². The number of morpholine rings is 1. The van der Waals surface area contributed by atoms with Crippen LogP contribution in [0.15, 0.2) is 0 Å². The molecule has 2 atom stereocenters. The first-order valence-electron chi connectivity index (χ1n) is 6.03. The SMILES string of the molecule is CC1COC(CN)CN1S(=O)(=O)CCCC(F)(F)F. The van der Waals surface area contributed by atoms with Gasteiger partial charge < -0.3 is 10.5 Å². The Labute approximate surface area is 110 Å². The number of sulfonamides is 1. The second kappa shape index (κ2) is 6.38. The van der Waals surface area contributed by atoms with Crippen molar-refractivity contribution >= 4 is 10.0 Å². The van der Waals surface area contributed by atoms with Crippen molar-refractivity contribution in [1.29, 1.82) is 0 Å². The molecule has 5 nitrogen and oxygen atoms in total. The van der Waals surface area contributed by atoms with Crippen molar-refractivity contribution in [3.63, 3.8) is 0 Å². The summed E-state index contributed by atoms with van der Waals surface area (Å²) in [5, 5.41) is 0. The number of nitrogens with zero attached hydrogens (tertiary/aromatic N) is 1. The van der Waals surface area contributed by atoms with Gasteiger partial charge in [0.05, 0.1) is 18.5 Å². The highest BCUT2D eigenvalue weighted by Gasteiger charge is 2.35. The molecule has 0 saturated carbocycles. The van der Waals surface area contributed by atoms with E-state index in [4.69, 9.17) is 10.5 Å². The lowest BCUT2D eigenvalue weighted by atomic mass is 10.2. The number of rotatable bonds is 5. The molecule has 1 rings (SSSR count). The van der Waals surface area contributed by atoms with Gasteiger partial charge in [-0.15, -0.1) is 0 Å². The Kier molecular flexibility index (Phi) is 5.60. The molecule has 0 amide bonds. The summed E-state index contributed by atoms with van der Waals surface area (Å²) >= 11 is 0. The van der Waals surface area contributed by atoms with Gasteiger partial charge in [-0.1, -0.05) is 0 Å². The maximum Gasteiger partial charge on any atom is 0.389 e. The number of hydrogen-bond donors (Lipinski definition) is 1. The van der Waals surface area contributed by atoms with Crippen molar-refractivity contribution < 1.29 is 26.3 Å². The maximum atomic E-state index is 12.0. The Morgan fingerprint density at radius 2 is 2.05 bits per heavy atom. The molecule has 1 heterocycles. The van der Waals surface area contributed by atoms with Crippen molar-refractivity contribution in [2.45, 2.75) is 38.1 Å². The first kappa shape index (κ1) is 16.7. The Balaban J connectivity index is 2.59. The average molecular weight is 304 g/mol. The van der Waals surface area contributed by atoms with Crippen LogP contribution in [0, 0.1) is 0 Å². The summed E-state index contributed by atoms with van der Waals surface area (Å²) in [6.45, 7) is 2.15. The molecular formula is C10H19F3N2O3S. The van der Waals surface area contributed by atoms with Crippen LogP contribution in [0.4, 0.5) is 13.2 Å². The molecular weight excluding hydrogens is 285 g/mol. The summed E-state index contributed by atoms with van der Waals surface area (Å²) < 4.78 is 66.6. The molecule has 0 bridgehead atoms. The Morgan fingerprint density at radius 3 is 2.58 bits per heavy atom. The van der Waals surface area contributed by atoms with E-state index in [9.17, 15) is 21.6 Å². The second-order valence-corrected chi connectivity index (χ2v) is 6.69. The van der Waals surface area contributed by atoms with Gasteiger partial charge in [-0.2, -0.15) is 17.5 Å². The van der Waals surface area contributed by atoms with Gasteiger partial charge in [0, 0.05) is 25.6 Å². The van der Waals surface area contributed by atoms with Crippen LogP contribution in [0.3, 0.4) is 0 Å². The van der Waals surface area contributed by atoms with Gasteiger partial charge in [0.15, 0.2) is 0 Å². The Hall–Kier alpha value is -0.380. The molecule has 0 spiro atoms.